The predicted molar refractivity (Wildman–Crippen MR) is 67.9 cm³/mol. The minimum Gasteiger partial charge on any atom is -0.395 e. The van der Waals surface area contributed by atoms with Gasteiger partial charge in [-0.25, -0.2) is 0 Å². The smallest absolute Gasteiger partial charge is 0.0638 e. The van der Waals surface area contributed by atoms with Crippen molar-refractivity contribution in [1.29, 1.82) is 0 Å². The van der Waals surface area contributed by atoms with Crippen LogP contribution in [0.4, 0.5) is 0 Å². The molecular formula is C13H18N2O2. The third kappa shape index (κ3) is 2.85. The number of aliphatic hydroxyl groups is 1. The fourth-order valence-corrected chi connectivity index (χ4v) is 1.91. The Morgan fingerprint density at radius 1 is 1.41 bits per heavy atom. The standard InChI is InChI=1S/C13H18N2O2/c1-17-9-11(8-16)14-6-10-7-15-13-5-3-2-4-12(10)13/h2-5,7,11,14-16H,6,8-9H2,1H3. The summed E-state index contributed by atoms with van der Waals surface area (Å²) in [5, 5.41) is 13.6. The van der Waals surface area contributed by atoms with E-state index in [0.29, 0.717) is 6.61 Å². The van der Waals surface area contributed by atoms with Gasteiger partial charge in [0.2, 0.25) is 0 Å². The summed E-state index contributed by atoms with van der Waals surface area (Å²) in [4.78, 5) is 3.23. The molecule has 1 atom stereocenters. The van der Waals surface area contributed by atoms with Gasteiger partial charge in [0.15, 0.2) is 0 Å². The molecular weight excluding hydrogens is 216 g/mol. The molecule has 2 aromatic rings. The monoisotopic (exact) mass is 234 g/mol. The molecule has 0 radical (unpaired) electrons. The lowest BCUT2D eigenvalue weighted by molar-refractivity contribution is 0.128. The summed E-state index contributed by atoms with van der Waals surface area (Å²) in [5.74, 6) is 0. The Bertz CT molecular complexity index is 467. The SMILES string of the molecule is COCC(CO)NCc1c[nH]c2ccccc12. The Morgan fingerprint density at radius 2 is 2.24 bits per heavy atom. The first-order valence-electron chi connectivity index (χ1n) is 5.73. The first kappa shape index (κ1) is 12.1. The number of rotatable bonds is 6. The normalized spacial score (nSPS) is 13.1. The van der Waals surface area contributed by atoms with Gasteiger partial charge in [0, 0.05) is 30.8 Å². The maximum Gasteiger partial charge on any atom is 0.0638 e. The number of nitrogens with one attached hydrogen (secondary N) is 2. The Hall–Kier alpha value is -1.36. The van der Waals surface area contributed by atoms with Crippen LogP contribution >= 0.6 is 0 Å². The summed E-state index contributed by atoms with van der Waals surface area (Å²) in [5.41, 5.74) is 2.34. The van der Waals surface area contributed by atoms with E-state index in [1.54, 1.807) is 7.11 Å². The van der Waals surface area contributed by atoms with E-state index < -0.39 is 0 Å². The zero-order valence-corrected chi connectivity index (χ0v) is 9.94. The third-order valence-electron chi connectivity index (χ3n) is 2.84. The average molecular weight is 234 g/mol. The minimum absolute atomic E-state index is 0.0198. The molecule has 1 aromatic carbocycles. The number of hydrogen-bond acceptors (Lipinski definition) is 3. The molecule has 1 heterocycles. The Balaban J connectivity index is 2.03. The first-order valence-corrected chi connectivity index (χ1v) is 5.73. The summed E-state index contributed by atoms with van der Waals surface area (Å²) >= 11 is 0. The van der Waals surface area contributed by atoms with Gasteiger partial charge in [-0.2, -0.15) is 0 Å². The van der Waals surface area contributed by atoms with Gasteiger partial charge in [0.1, 0.15) is 0 Å². The van der Waals surface area contributed by atoms with Crippen LogP contribution in [0.3, 0.4) is 0 Å². The molecule has 17 heavy (non-hydrogen) atoms. The molecule has 0 fully saturated rings. The molecule has 0 bridgehead atoms. The van der Waals surface area contributed by atoms with Crippen molar-refractivity contribution >= 4 is 10.9 Å². The second-order valence-electron chi connectivity index (χ2n) is 4.08. The van der Waals surface area contributed by atoms with Crippen LogP contribution < -0.4 is 5.32 Å². The highest BCUT2D eigenvalue weighted by atomic mass is 16.5. The van der Waals surface area contributed by atoms with Crippen LogP contribution in [0.2, 0.25) is 0 Å². The largest absolute Gasteiger partial charge is 0.395 e. The van der Waals surface area contributed by atoms with Gasteiger partial charge in [-0.05, 0) is 11.6 Å². The molecule has 0 aliphatic rings. The second kappa shape index (κ2) is 5.82. The van der Waals surface area contributed by atoms with Gasteiger partial charge in [0.05, 0.1) is 19.3 Å². The summed E-state index contributed by atoms with van der Waals surface area (Å²) in [6, 6.07) is 8.16. The predicted octanol–water partition coefficient (Wildman–Crippen LogP) is 1.26. The topological polar surface area (TPSA) is 57.3 Å². The van der Waals surface area contributed by atoms with E-state index in [4.69, 9.17) is 9.84 Å². The molecule has 2 rings (SSSR count). The first-order chi connectivity index (χ1) is 8.35. The number of H-pyrrole nitrogens is 1. The lowest BCUT2D eigenvalue weighted by atomic mass is 10.1. The number of aliphatic hydroxyl groups excluding tert-OH is 1. The number of fused-ring (bicyclic) bond motifs is 1. The van der Waals surface area contributed by atoms with E-state index in [9.17, 15) is 0 Å². The third-order valence-corrected chi connectivity index (χ3v) is 2.84. The fraction of sp³-hybridized carbons (Fsp3) is 0.385. The van der Waals surface area contributed by atoms with E-state index >= 15 is 0 Å². The number of para-hydroxylation sites is 1. The van der Waals surface area contributed by atoms with Gasteiger partial charge in [0.25, 0.3) is 0 Å². The highest BCUT2D eigenvalue weighted by molar-refractivity contribution is 5.82. The molecule has 1 aromatic heterocycles. The molecule has 0 amide bonds. The number of aromatic amines is 1. The molecule has 4 heteroatoms. The molecule has 0 aliphatic heterocycles. The highest BCUT2D eigenvalue weighted by Gasteiger charge is 2.08. The van der Waals surface area contributed by atoms with E-state index in [1.165, 1.54) is 10.9 Å². The summed E-state index contributed by atoms with van der Waals surface area (Å²) in [7, 11) is 1.63. The van der Waals surface area contributed by atoms with Crippen LogP contribution in [-0.4, -0.2) is 36.5 Å². The van der Waals surface area contributed by atoms with Crippen molar-refractivity contribution in [2.75, 3.05) is 20.3 Å². The second-order valence-corrected chi connectivity index (χ2v) is 4.08. The summed E-state index contributed by atoms with van der Waals surface area (Å²) in [6.45, 7) is 1.31. The van der Waals surface area contributed by atoms with Crippen LogP contribution in [0.15, 0.2) is 30.5 Å². The number of hydrogen-bond donors (Lipinski definition) is 3. The van der Waals surface area contributed by atoms with Crippen molar-refractivity contribution in [2.24, 2.45) is 0 Å². The van der Waals surface area contributed by atoms with E-state index in [1.807, 2.05) is 18.3 Å². The van der Waals surface area contributed by atoms with Crippen LogP contribution in [0.1, 0.15) is 5.56 Å². The fourth-order valence-electron chi connectivity index (χ4n) is 1.91. The van der Waals surface area contributed by atoms with Crippen molar-refractivity contribution in [1.82, 2.24) is 10.3 Å². The number of benzene rings is 1. The molecule has 4 nitrogen and oxygen atoms in total. The van der Waals surface area contributed by atoms with Gasteiger partial charge in [-0.15, -0.1) is 0 Å². The molecule has 3 N–H and O–H groups in total. The van der Waals surface area contributed by atoms with Crippen molar-refractivity contribution in [3.05, 3.63) is 36.0 Å². The van der Waals surface area contributed by atoms with Crippen molar-refractivity contribution in [3.8, 4) is 0 Å². The zero-order chi connectivity index (χ0) is 12.1. The maximum atomic E-state index is 9.15. The lowest BCUT2D eigenvalue weighted by Gasteiger charge is -2.14. The van der Waals surface area contributed by atoms with Crippen LogP contribution in [0, 0.1) is 0 Å². The Labute approximate surface area is 101 Å². The molecule has 1 unspecified atom stereocenters. The lowest BCUT2D eigenvalue weighted by Crippen LogP contribution is -2.35. The van der Waals surface area contributed by atoms with Crippen LogP contribution in [0.5, 0.6) is 0 Å². The number of aromatic nitrogens is 1. The van der Waals surface area contributed by atoms with E-state index in [0.717, 1.165) is 12.1 Å². The van der Waals surface area contributed by atoms with E-state index in [2.05, 4.69) is 22.4 Å². The average Bonchev–Trinajstić information content (AvgIpc) is 2.78. The summed E-state index contributed by atoms with van der Waals surface area (Å²) in [6.07, 6.45) is 2.00. The molecule has 92 valence electrons. The maximum absolute atomic E-state index is 9.15. The van der Waals surface area contributed by atoms with Gasteiger partial charge < -0.3 is 20.1 Å². The van der Waals surface area contributed by atoms with Crippen molar-refractivity contribution in [2.45, 2.75) is 12.6 Å². The van der Waals surface area contributed by atoms with Gasteiger partial charge >= 0.3 is 0 Å². The molecule has 0 aliphatic carbocycles. The highest BCUT2D eigenvalue weighted by Crippen LogP contribution is 2.17. The van der Waals surface area contributed by atoms with Crippen molar-refractivity contribution in [3.63, 3.8) is 0 Å². The zero-order valence-electron chi connectivity index (χ0n) is 9.94. The molecule has 0 saturated carbocycles. The van der Waals surface area contributed by atoms with Gasteiger partial charge in [-0.1, -0.05) is 18.2 Å². The van der Waals surface area contributed by atoms with Crippen molar-refractivity contribution < 1.29 is 9.84 Å². The number of ether oxygens (including phenoxy) is 1. The Kier molecular flexibility index (Phi) is 4.14. The molecule has 0 spiro atoms. The quantitative estimate of drug-likeness (QED) is 0.705. The minimum atomic E-state index is -0.0198. The van der Waals surface area contributed by atoms with E-state index in [-0.39, 0.29) is 12.6 Å². The Morgan fingerprint density at radius 3 is 3.00 bits per heavy atom. The van der Waals surface area contributed by atoms with Crippen LogP contribution in [-0.2, 0) is 11.3 Å². The van der Waals surface area contributed by atoms with Gasteiger partial charge in [-0.3, -0.25) is 0 Å². The number of methoxy groups -OCH3 is 1. The summed E-state index contributed by atoms with van der Waals surface area (Å²) < 4.78 is 5.02. The van der Waals surface area contributed by atoms with Crippen LogP contribution in [0.25, 0.3) is 10.9 Å². The molecule has 0 saturated heterocycles.